The van der Waals surface area contributed by atoms with E-state index in [9.17, 15) is 22.8 Å². The van der Waals surface area contributed by atoms with Crippen molar-refractivity contribution in [1.82, 2.24) is 19.8 Å². The average molecular weight is 390 g/mol. The molecule has 134 valence electrons. The molecule has 0 atom stereocenters. The number of halogens is 3. The molecule has 2 aromatic rings. The Morgan fingerprint density at radius 1 is 1.40 bits per heavy atom. The summed E-state index contributed by atoms with van der Waals surface area (Å²) in [4.78, 5) is 34.6. The Morgan fingerprint density at radius 3 is 2.72 bits per heavy atom. The molecule has 2 aromatic heterocycles. The molecule has 6 nitrogen and oxygen atoms in total. The third kappa shape index (κ3) is 3.43. The minimum Gasteiger partial charge on any atom is -0.326 e. The number of aryl methyl sites for hydroxylation is 1. The molecule has 0 spiro atoms. The zero-order chi connectivity index (χ0) is 18.4. The van der Waals surface area contributed by atoms with Crippen molar-refractivity contribution in [3.8, 4) is 0 Å². The lowest BCUT2D eigenvalue weighted by Gasteiger charge is -2.15. The Balaban J connectivity index is 1.85. The highest BCUT2D eigenvalue weighted by Crippen LogP contribution is 2.43. The molecule has 0 radical (unpaired) electrons. The summed E-state index contributed by atoms with van der Waals surface area (Å²) in [7, 11) is 1.58. The number of nitrogens with zero attached hydrogens (tertiary/aromatic N) is 4. The quantitative estimate of drug-likeness (QED) is 0.595. The summed E-state index contributed by atoms with van der Waals surface area (Å²) in [6.07, 6.45) is -3.32. The number of thiophene rings is 1. The summed E-state index contributed by atoms with van der Waals surface area (Å²) in [5.74, 6) is -0.593. The minimum atomic E-state index is -4.52. The van der Waals surface area contributed by atoms with Gasteiger partial charge >= 0.3 is 6.18 Å². The second-order valence-corrected chi connectivity index (χ2v) is 7.67. The van der Waals surface area contributed by atoms with Crippen molar-refractivity contribution in [3.05, 3.63) is 16.8 Å². The zero-order valence-corrected chi connectivity index (χ0v) is 14.9. The van der Waals surface area contributed by atoms with Crippen LogP contribution in [0.25, 0.3) is 10.2 Å². The summed E-state index contributed by atoms with van der Waals surface area (Å²) in [5.41, 5.74) is -0.751. The molecule has 0 aliphatic carbocycles. The van der Waals surface area contributed by atoms with E-state index in [1.807, 2.05) is 0 Å². The smallest absolute Gasteiger partial charge is 0.326 e. The number of thioether (sulfide) groups is 1. The molecule has 3 rings (SSSR count). The number of alkyl halides is 3. The van der Waals surface area contributed by atoms with Crippen LogP contribution in [0.4, 0.5) is 13.2 Å². The largest absolute Gasteiger partial charge is 0.418 e. The Morgan fingerprint density at radius 2 is 2.12 bits per heavy atom. The van der Waals surface area contributed by atoms with Crippen molar-refractivity contribution in [1.29, 1.82) is 0 Å². The lowest BCUT2D eigenvalue weighted by atomic mass is 10.2. The first kappa shape index (κ1) is 17.9. The number of hydrogen-bond acceptors (Lipinski definition) is 6. The van der Waals surface area contributed by atoms with Crippen molar-refractivity contribution in [2.24, 2.45) is 0 Å². The highest BCUT2D eigenvalue weighted by molar-refractivity contribution is 8.00. The van der Waals surface area contributed by atoms with Crippen LogP contribution in [0.5, 0.6) is 0 Å². The van der Waals surface area contributed by atoms with Gasteiger partial charge in [0, 0.05) is 11.9 Å². The number of carbonyl (C=O) groups excluding carboxylic acids is 2. The summed E-state index contributed by atoms with van der Waals surface area (Å²) < 4.78 is 40.0. The molecule has 25 heavy (non-hydrogen) atoms. The summed E-state index contributed by atoms with van der Waals surface area (Å²) in [6, 6.07) is 0. The van der Waals surface area contributed by atoms with Crippen molar-refractivity contribution in [3.63, 3.8) is 0 Å². The first-order chi connectivity index (χ1) is 11.7. The van der Waals surface area contributed by atoms with Crippen LogP contribution in [0, 0.1) is 6.92 Å². The monoisotopic (exact) mass is 390 g/mol. The van der Waals surface area contributed by atoms with E-state index in [2.05, 4.69) is 9.97 Å². The molecule has 1 saturated heterocycles. The van der Waals surface area contributed by atoms with Crippen molar-refractivity contribution in [2.75, 3.05) is 26.0 Å². The number of carbonyl (C=O) groups is 2. The molecule has 0 aromatic carbocycles. The first-order valence-electron chi connectivity index (χ1n) is 7.14. The Bertz CT molecular complexity index is 852. The first-order valence-corrected chi connectivity index (χ1v) is 8.94. The fourth-order valence-electron chi connectivity index (χ4n) is 2.53. The van der Waals surface area contributed by atoms with Gasteiger partial charge in [-0.05, 0) is 6.92 Å². The molecule has 2 amide bonds. The van der Waals surface area contributed by atoms with E-state index in [-0.39, 0.29) is 50.9 Å². The fraction of sp³-hybridized carbons (Fsp3) is 0.429. The van der Waals surface area contributed by atoms with Gasteiger partial charge in [0.2, 0.25) is 11.8 Å². The minimum absolute atomic E-state index is 0.0135. The predicted molar refractivity (Wildman–Crippen MR) is 87.2 cm³/mol. The SMILES string of the molecule is Cc1sc2ncnc(SCC(=O)N3CC(=O)N(C)C3)c2c1C(F)(F)F. The molecule has 1 aliphatic rings. The van der Waals surface area contributed by atoms with E-state index >= 15 is 0 Å². The van der Waals surface area contributed by atoms with Gasteiger partial charge in [-0.25, -0.2) is 9.97 Å². The van der Waals surface area contributed by atoms with Crippen LogP contribution in [-0.2, 0) is 15.8 Å². The second kappa shape index (κ2) is 6.45. The van der Waals surface area contributed by atoms with Gasteiger partial charge < -0.3 is 9.80 Å². The van der Waals surface area contributed by atoms with Crippen LogP contribution < -0.4 is 0 Å². The fourth-order valence-corrected chi connectivity index (χ4v) is 4.51. The second-order valence-electron chi connectivity index (χ2n) is 5.50. The molecule has 0 saturated carbocycles. The zero-order valence-electron chi connectivity index (χ0n) is 13.3. The summed E-state index contributed by atoms with van der Waals surface area (Å²) in [6.45, 7) is 1.56. The Kier molecular flexibility index (Phi) is 4.62. The molecule has 0 N–H and O–H groups in total. The standard InChI is InChI=1S/C14H13F3N4O2S2/c1-7-11(14(15,16)17)10-12(18-5-19-13(10)25-7)24-4-9(23)21-3-8(22)20(2)6-21/h5H,3-4,6H2,1-2H3. The van der Waals surface area contributed by atoms with Gasteiger partial charge in [-0.2, -0.15) is 13.2 Å². The molecular formula is C14H13F3N4O2S2. The van der Waals surface area contributed by atoms with Gasteiger partial charge in [0.15, 0.2) is 0 Å². The highest BCUT2D eigenvalue weighted by Gasteiger charge is 2.38. The highest BCUT2D eigenvalue weighted by atomic mass is 32.2. The number of amides is 2. The lowest BCUT2D eigenvalue weighted by molar-refractivity contribution is -0.136. The lowest BCUT2D eigenvalue weighted by Crippen LogP contribution is -2.31. The van der Waals surface area contributed by atoms with Crippen LogP contribution in [0.1, 0.15) is 10.4 Å². The summed E-state index contributed by atoms with van der Waals surface area (Å²) >= 11 is 1.87. The van der Waals surface area contributed by atoms with Crippen LogP contribution >= 0.6 is 23.1 Å². The van der Waals surface area contributed by atoms with E-state index in [0.29, 0.717) is 0 Å². The molecule has 1 aliphatic heterocycles. The molecule has 0 bridgehead atoms. The van der Waals surface area contributed by atoms with Crippen LogP contribution in [0.2, 0.25) is 0 Å². The van der Waals surface area contributed by atoms with E-state index in [4.69, 9.17) is 0 Å². The van der Waals surface area contributed by atoms with Gasteiger partial charge in [-0.15, -0.1) is 11.3 Å². The Hall–Kier alpha value is -1.88. The average Bonchev–Trinajstić information content (AvgIpc) is 3.03. The van der Waals surface area contributed by atoms with Crippen LogP contribution in [0.15, 0.2) is 11.4 Å². The van der Waals surface area contributed by atoms with Crippen LogP contribution in [0.3, 0.4) is 0 Å². The molecule has 3 heterocycles. The maximum atomic E-state index is 13.3. The van der Waals surface area contributed by atoms with Gasteiger partial charge in [0.25, 0.3) is 0 Å². The number of likely N-dealkylation sites (N-methyl/N-ethyl adjacent to an activating group) is 1. The number of fused-ring (bicyclic) bond motifs is 1. The summed E-state index contributed by atoms with van der Waals surface area (Å²) in [5, 5.41) is 0.0545. The maximum absolute atomic E-state index is 13.3. The van der Waals surface area contributed by atoms with Crippen molar-refractivity contribution >= 4 is 45.1 Å². The molecule has 0 unspecified atom stereocenters. The van der Waals surface area contributed by atoms with Crippen molar-refractivity contribution < 1.29 is 22.8 Å². The van der Waals surface area contributed by atoms with E-state index in [0.717, 1.165) is 23.1 Å². The van der Waals surface area contributed by atoms with E-state index in [1.165, 1.54) is 23.1 Å². The van der Waals surface area contributed by atoms with Crippen molar-refractivity contribution in [2.45, 2.75) is 18.1 Å². The predicted octanol–water partition coefficient (Wildman–Crippen LogP) is 2.37. The van der Waals surface area contributed by atoms with E-state index in [1.54, 1.807) is 7.05 Å². The normalized spacial score (nSPS) is 15.5. The van der Waals surface area contributed by atoms with Gasteiger partial charge in [-0.1, -0.05) is 11.8 Å². The van der Waals surface area contributed by atoms with Gasteiger partial charge in [-0.3, -0.25) is 9.59 Å². The number of hydrogen-bond donors (Lipinski definition) is 0. The third-order valence-electron chi connectivity index (χ3n) is 3.73. The molecule has 1 fully saturated rings. The van der Waals surface area contributed by atoms with Gasteiger partial charge in [0.1, 0.15) is 22.7 Å². The Labute approximate surface area is 149 Å². The van der Waals surface area contributed by atoms with Gasteiger partial charge in [0.05, 0.1) is 23.4 Å². The van der Waals surface area contributed by atoms with Crippen LogP contribution in [-0.4, -0.2) is 57.6 Å². The molecule has 11 heteroatoms. The number of aromatic nitrogens is 2. The van der Waals surface area contributed by atoms with E-state index < -0.39 is 11.7 Å². The third-order valence-corrected chi connectivity index (χ3v) is 5.72. The topological polar surface area (TPSA) is 66.4 Å². The number of rotatable bonds is 3. The maximum Gasteiger partial charge on any atom is 0.418 e. The molecular weight excluding hydrogens is 377 g/mol.